The number of pyridine rings is 1. The zero-order chi connectivity index (χ0) is 9.97. The second kappa shape index (κ2) is 3.54. The molecular formula is C11H11NO2. The fourth-order valence-corrected chi connectivity index (χ4v) is 1.49. The first-order valence-electron chi connectivity index (χ1n) is 4.31. The fraction of sp³-hybridized carbons (Fsp3) is 0.182. The molecule has 72 valence electrons. The summed E-state index contributed by atoms with van der Waals surface area (Å²) in [5.41, 5.74) is 0. The van der Waals surface area contributed by atoms with Gasteiger partial charge in [-0.2, -0.15) is 0 Å². The van der Waals surface area contributed by atoms with Gasteiger partial charge in [-0.05, 0) is 18.2 Å². The molecule has 3 heteroatoms. The smallest absolute Gasteiger partial charge is 0.168 e. The molecule has 0 saturated heterocycles. The number of nitrogens with zero attached hydrogens (tertiary/aromatic N) is 1. The van der Waals surface area contributed by atoms with Gasteiger partial charge in [0.1, 0.15) is 0 Å². The largest absolute Gasteiger partial charge is 0.493 e. The van der Waals surface area contributed by atoms with Gasteiger partial charge in [-0.3, -0.25) is 4.98 Å². The van der Waals surface area contributed by atoms with Crippen molar-refractivity contribution in [2.24, 2.45) is 0 Å². The number of aromatic nitrogens is 1. The zero-order valence-corrected chi connectivity index (χ0v) is 8.15. The highest BCUT2D eigenvalue weighted by atomic mass is 16.5. The summed E-state index contributed by atoms with van der Waals surface area (Å²) < 4.78 is 10.5. The Morgan fingerprint density at radius 3 is 2.64 bits per heavy atom. The molecule has 0 aliphatic carbocycles. The van der Waals surface area contributed by atoms with Crippen LogP contribution in [0.5, 0.6) is 11.5 Å². The van der Waals surface area contributed by atoms with Crippen molar-refractivity contribution in [2.45, 2.75) is 0 Å². The second-order valence-corrected chi connectivity index (χ2v) is 2.90. The van der Waals surface area contributed by atoms with E-state index in [2.05, 4.69) is 4.98 Å². The lowest BCUT2D eigenvalue weighted by molar-refractivity contribution is 0.358. The molecular weight excluding hydrogens is 178 g/mol. The van der Waals surface area contributed by atoms with E-state index in [1.165, 1.54) is 0 Å². The highest BCUT2D eigenvalue weighted by molar-refractivity contribution is 5.89. The fourth-order valence-electron chi connectivity index (χ4n) is 1.49. The highest BCUT2D eigenvalue weighted by Crippen LogP contribution is 2.34. The molecule has 0 fully saturated rings. The zero-order valence-electron chi connectivity index (χ0n) is 8.15. The van der Waals surface area contributed by atoms with Crippen LogP contribution in [0.25, 0.3) is 10.8 Å². The molecule has 0 saturated carbocycles. The van der Waals surface area contributed by atoms with E-state index in [4.69, 9.17) is 9.47 Å². The maximum absolute atomic E-state index is 5.30. The van der Waals surface area contributed by atoms with E-state index in [-0.39, 0.29) is 0 Å². The van der Waals surface area contributed by atoms with Crippen LogP contribution in [-0.4, -0.2) is 19.2 Å². The van der Waals surface area contributed by atoms with E-state index in [0.29, 0.717) is 0 Å². The number of benzene rings is 1. The van der Waals surface area contributed by atoms with Crippen molar-refractivity contribution in [1.82, 2.24) is 4.98 Å². The molecule has 3 nitrogen and oxygen atoms in total. The minimum atomic E-state index is 0.742. The molecule has 2 rings (SSSR count). The van der Waals surface area contributed by atoms with Crippen LogP contribution in [0, 0.1) is 0 Å². The number of rotatable bonds is 2. The Hall–Kier alpha value is -1.77. The van der Waals surface area contributed by atoms with Gasteiger partial charge in [0.2, 0.25) is 0 Å². The molecule has 0 aliphatic heterocycles. The lowest BCUT2D eigenvalue weighted by Crippen LogP contribution is -1.91. The van der Waals surface area contributed by atoms with Crippen molar-refractivity contribution in [3.05, 3.63) is 30.6 Å². The maximum atomic E-state index is 5.30. The van der Waals surface area contributed by atoms with Crippen molar-refractivity contribution in [3.8, 4) is 11.5 Å². The quantitative estimate of drug-likeness (QED) is 0.726. The number of fused-ring (bicyclic) bond motifs is 1. The Labute approximate surface area is 82.3 Å². The summed E-state index contributed by atoms with van der Waals surface area (Å²) in [5.74, 6) is 1.50. The van der Waals surface area contributed by atoms with Crippen molar-refractivity contribution >= 4 is 10.8 Å². The van der Waals surface area contributed by atoms with E-state index in [1.54, 1.807) is 26.6 Å². The van der Waals surface area contributed by atoms with Crippen LogP contribution in [0.4, 0.5) is 0 Å². The van der Waals surface area contributed by atoms with Crippen LogP contribution in [0.2, 0.25) is 0 Å². The Morgan fingerprint density at radius 1 is 1.07 bits per heavy atom. The van der Waals surface area contributed by atoms with E-state index in [0.717, 1.165) is 22.3 Å². The minimum absolute atomic E-state index is 0.742. The van der Waals surface area contributed by atoms with Gasteiger partial charge >= 0.3 is 0 Å². The topological polar surface area (TPSA) is 31.4 Å². The van der Waals surface area contributed by atoms with E-state index >= 15 is 0 Å². The predicted octanol–water partition coefficient (Wildman–Crippen LogP) is 2.25. The summed E-state index contributed by atoms with van der Waals surface area (Å²) in [6.45, 7) is 0. The standard InChI is InChI=1S/C11H11NO2/c1-13-10-4-3-8-7-12-6-5-9(8)11(10)14-2/h3-7H,1-2H3. The average molecular weight is 189 g/mol. The molecule has 0 atom stereocenters. The van der Waals surface area contributed by atoms with Gasteiger partial charge in [0, 0.05) is 23.2 Å². The Bertz CT molecular complexity index is 454. The van der Waals surface area contributed by atoms with Gasteiger partial charge in [-0.25, -0.2) is 0 Å². The minimum Gasteiger partial charge on any atom is -0.493 e. The molecule has 2 aromatic rings. The summed E-state index contributed by atoms with van der Waals surface area (Å²) in [6.07, 6.45) is 3.54. The number of ether oxygens (including phenoxy) is 2. The van der Waals surface area contributed by atoms with Crippen molar-refractivity contribution in [1.29, 1.82) is 0 Å². The van der Waals surface area contributed by atoms with Gasteiger partial charge in [-0.1, -0.05) is 0 Å². The molecule has 0 radical (unpaired) electrons. The Kier molecular flexibility index (Phi) is 2.23. The summed E-state index contributed by atoms with van der Waals surface area (Å²) in [5, 5.41) is 2.06. The predicted molar refractivity (Wildman–Crippen MR) is 54.8 cm³/mol. The molecule has 1 heterocycles. The van der Waals surface area contributed by atoms with Crippen LogP contribution in [-0.2, 0) is 0 Å². The second-order valence-electron chi connectivity index (χ2n) is 2.90. The molecule has 1 aromatic carbocycles. The molecule has 14 heavy (non-hydrogen) atoms. The van der Waals surface area contributed by atoms with Crippen LogP contribution < -0.4 is 9.47 Å². The molecule has 0 amide bonds. The maximum Gasteiger partial charge on any atom is 0.168 e. The summed E-state index contributed by atoms with van der Waals surface area (Å²) >= 11 is 0. The van der Waals surface area contributed by atoms with Crippen molar-refractivity contribution < 1.29 is 9.47 Å². The molecule has 0 bridgehead atoms. The van der Waals surface area contributed by atoms with Gasteiger partial charge in [-0.15, -0.1) is 0 Å². The van der Waals surface area contributed by atoms with Crippen molar-refractivity contribution in [3.63, 3.8) is 0 Å². The van der Waals surface area contributed by atoms with Crippen LogP contribution >= 0.6 is 0 Å². The van der Waals surface area contributed by atoms with Crippen molar-refractivity contribution in [2.75, 3.05) is 14.2 Å². The van der Waals surface area contributed by atoms with E-state index in [9.17, 15) is 0 Å². The van der Waals surface area contributed by atoms with E-state index in [1.807, 2.05) is 18.2 Å². The van der Waals surface area contributed by atoms with Crippen LogP contribution in [0.3, 0.4) is 0 Å². The summed E-state index contributed by atoms with van der Waals surface area (Å²) in [4.78, 5) is 4.05. The summed E-state index contributed by atoms with van der Waals surface area (Å²) in [7, 11) is 3.27. The van der Waals surface area contributed by atoms with Gasteiger partial charge in [0.25, 0.3) is 0 Å². The molecule has 0 aliphatic rings. The van der Waals surface area contributed by atoms with Gasteiger partial charge < -0.3 is 9.47 Å². The van der Waals surface area contributed by atoms with Gasteiger partial charge in [0.05, 0.1) is 14.2 Å². The Balaban J connectivity index is 2.77. The molecule has 0 spiro atoms. The molecule has 0 unspecified atom stereocenters. The van der Waals surface area contributed by atoms with Crippen LogP contribution in [0.1, 0.15) is 0 Å². The summed E-state index contributed by atoms with van der Waals surface area (Å²) in [6, 6.07) is 5.75. The molecule has 0 N–H and O–H groups in total. The third-order valence-electron chi connectivity index (χ3n) is 2.16. The third kappa shape index (κ3) is 1.27. The highest BCUT2D eigenvalue weighted by Gasteiger charge is 2.07. The monoisotopic (exact) mass is 189 g/mol. The average Bonchev–Trinajstić information content (AvgIpc) is 2.27. The third-order valence-corrected chi connectivity index (χ3v) is 2.16. The SMILES string of the molecule is COc1ccc2cnccc2c1OC. The lowest BCUT2D eigenvalue weighted by atomic mass is 10.1. The number of methoxy groups -OCH3 is 2. The lowest BCUT2D eigenvalue weighted by Gasteiger charge is -2.09. The van der Waals surface area contributed by atoms with Crippen LogP contribution in [0.15, 0.2) is 30.6 Å². The van der Waals surface area contributed by atoms with Gasteiger partial charge in [0.15, 0.2) is 11.5 Å². The Morgan fingerprint density at radius 2 is 1.93 bits per heavy atom. The normalized spacial score (nSPS) is 10.1. The molecule has 1 aromatic heterocycles. The number of hydrogen-bond acceptors (Lipinski definition) is 3. The first-order valence-corrected chi connectivity index (χ1v) is 4.31. The first kappa shape index (κ1) is 8.81. The van der Waals surface area contributed by atoms with E-state index < -0.39 is 0 Å². The number of hydrogen-bond donors (Lipinski definition) is 0. The first-order chi connectivity index (χ1) is 6.86.